The van der Waals surface area contributed by atoms with E-state index in [0.29, 0.717) is 0 Å². The van der Waals surface area contributed by atoms with Crippen molar-refractivity contribution in [3.63, 3.8) is 0 Å². The van der Waals surface area contributed by atoms with Gasteiger partial charge < -0.3 is 30.1 Å². The van der Waals surface area contributed by atoms with Crippen LogP contribution < -0.4 is 15.1 Å². The van der Waals surface area contributed by atoms with Crippen LogP contribution in [0, 0.1) is 0 Å². The van der Waals surface area contributed by atoms with Crippen molar-refractivity contribution in [1.29, 1.82) is 0 Å². The second-order valence-electron chi connectivity index (χ2n) is 0.635. The van der Waals surface area contributed by atoms with Gasteiger partial charge in [-0.15, -0.1) is 0 Å². The quantitative estimate of drug-likeness (QED) is 0.321. The Bertz CT molecular complexity index is 26.5. The Labute approximate surface area is 62.6 Å². The van der Waals surface area contributed by atoms with E-state index in [-0.39, 0.29) is 17.1 Å². The van der Waals surface area contributed by atoms with Crippen molar-refractivity contribution < 1.29 is 47.2 Å². The zero-order valence-electron chi connectivity index (χ0n) is 4.02. The van der Waals surface area contributed by atoms with Crippen molar-refractivity contribution in [3.8, 4) is 0 Å². The molecular weight excluding hydrogens is 181 g/mol. The maximum atomic E-state index is 8.42. The minimum Gasteiger partial charge on any atom is -0.907 e. The molecule has 0 bridgehead atoms. The Morgan fingerprint density at radius 3 is 0.889 bits per heavy atom. The van der Waals surface area contributed by atoms with Crippen LogP contribution in [0.4, 0.5) is 0 Å². The first-order valence-electron chi connectivity index (χ1n) is 1.48. The van der Waals surface area contributed by atoms with E-state index in [2.05, 4.69) is 0 Å². The van der Waals surface area contributed by atoms with Crippen LogP contribution in [0.2, 0.25) is 0 Å². The van der Waals surface area contributed by atoms with Crippen molar-refractivity contribution in [3.05, 3.63) is 0 Å². The molecule has 9 heteroatoms. The fraction of sp³-hybridized carbons (Fsp3) is 0. The fourth-order valence-electron chi connectivity index (χ4n) is 0. The van der Waals surface area contributed by atoms with Gasteiger partial charge in [0.05, 0.1) is 0 Å². The zero-order valence-corrected chi connectivity index (χ0v) is 4.96. The molecule has 0 atom stereocenters. The van der Waals surface area contributed by atoms with Gasteiger partial charge in [0.2, 0.25) is 0 Å². The molecule has 0 heterocycles. The predicted octanol–water partition coefficient (Wildman–Crippen LogP) is -6.00. The molecule has 9 heavy (non-hydrogen) atoms. The molecular formula is H3B2CuO6-3. The van der Waals surface area contributed by atoms with E-state index in [4.69, 9.17) is 30.1 Å². The van der Waals surface area contributed by atoms with E-state index >= 15 is 0 Å². The molecule has 0 aliphatic rings. The molecule has 0 unspecified atom stereocenters. The first-order chi connectivity index (χ1) is 3.46. The van der Waals surface area contributed by atoms with Crippen LogP contribution in [-0.4, -0.2) is 29.7 Å². The molecule has 0 spiro atoms. The third-order valence-corrected chi connectivity index (χ3v) is 0. The van der Waals surface area contributed by atoms with Crippen LogP contribution in [0.15, 0.2) is 0 Å². The second-order valence-corrected chi connectivity index (χ2v) is 0.635. The third kappa shape index (κ3) is 2060. The molecule has 3 N–H and O–H groups in total. The smallest absolute Gasteiger partial charge is 0.631 e. The maximum absolute atomic E-state index is 8.42. The molecule has 0 fully saturated rings. The molecule has 0 rings (SSSR count). The van der Waals surface area contributed by atoms with E-state index in [1.54, 1.807) is 0 Å². The first-order valence-corrected chi connectivity index (χ1v) is 1.48. The zero-order chi connectivity index (χ0) is 7.15. The monoisotopic (exact) mass is 184 g/mol. The molecule has 0 aliphatic heterocycles. The Morgan fingerprint density at radius 1 is 0.889 bits per heavy atom. The normalized spacial score (nSPS) is 6.00. The van der Waals surface area contributed by atoms with Crippen LogP contribution >= 0.6 is 0 Å². The molecule has 0 saturated carbocycles. The number of hydrogen-bond acceptors (Lipinski definition) is 6. The number of hydrogen-bond donors (Lipinski definition) is 3. The molecule has 0 amide bonds. The van der Waals surface area contributed by atoms with E-state index in [1.165, 1.54) is 0 Å². The molecule has 0 aromatic heterocycles. The first kappa shape index (κ1) is 16.2. The molecule has 59 valence electrons. The van der Waals surface area contributed by atoms with E-state index in [1.807, 2.05) is 0 Å². The molecule has 0 aliphatic carbocycles. The summed E-state index contributed by atoms with van der Waals surface area (Å²) in [6.07, 6.45) is 0. The van der Waals surface area contributed by atoms with Gasteiger partial charge >= 0.3 is 7.32 Å². The summed E-state index contributed by atoms with van der Waals surface area (Å²) in [5.74, 6) is 0. The second kappa shape index (κ2) is 11.2. The van der Waals surface area contributed by atoms with Gasteiger partial charge in [-0.05, 0) is 0 Å². The van der Waals surface area contributed by atoms with Gasteiger partial charge in [-0.25, -0.2) is 0 Å². The van der Waals surface area contributed by atoms with E-state index in [9.17, 15) is 0 Å². The summed E-state index contributed by atoms with van der Waals surface area (Å²) in [6.45, 7) is 0. The minimum absolute atomic E-state index is 0. The minimum atomic E-state index is -2.92. The maximum Gasteiger partial charge on any atom is 0.631 e. The van der Waals surface area contributed by atoms with Gasteiger partial charge in [0, 0.05) is 17.1 Å². The Morgan fingerprint density at radius 2 is 0.889 bits per heavy atom. The fourth-order valence-corrected chi connectivity index (χ4v) is 0. The summed E-state index contributed by atoms with van der Waals surface area (Å²) in [5.41, 5.74) is 0. The van der Waals surface area contributed by atoms with E-state index in [0.717, 1.165) is 0 Å². The predicted molar refractivity (Wildman–Crippen MR) is 18.2 cm³/mol. The summed E-state index contributed by atoms with van der Waals surface area (Å²) in [5, 5.41) is 46.7. The molecule has 0 saturated heterocycles. The summed E-state index contributed by atoms with van der Waals surface area (Å²) in [4.78, 5) is 0. The summed E-state index contributed by atoms with van der Waals surface area (Å²) in [7, 11) is -5.08. The van der Waals surface area contributed by atoms with Gasteiger partial charge in [-0.1, -0.05) is 0 Å². The van der Waals surface area contributed by atoms with Gasteiger partial charge in [0.25, 0.3) is 0 Å². The Kier molecular flexibility index (Phi) is 20.2. The molecule has 1 radical (unpaired) electrons. The van der Waals surface area contributed by atoms with Crippen molar-refractivity contribution in [2.75, 3.05) is 0 Å². The van der Waals surface area contributed by atoms with Gasteiger partial charge in [-0.3, -0.25) is 7.32 Å². The summed E-state index contributed by atoms with van der Waals surface area (Å²) < 4.78 is 0. The van der Waals surface area contributed by atoms with Crippen molar-refractivity contribution >= 4 is 14.6 Å². The number of rotatable bonds is 0. The third-order valence-electron chi connectivity index (χ3n) is 0. The van der Waals surface area contributed by atoms with Gasteiger partial charge in [0.15, 0.2) is 0 Å². The van der Waals surface area contributed by atoms with Gasteiger partial charge in [0.1, 0.15) is 0 Å². The average Bonchev–Trinajstić information content (AvgIpc) is 1.25. The Hall–Kier alpha value is 0.409. The van der Waals surface area contributed by atoms with Crippen molar-refractivity contribution in [2.24, 2.45) is 0 Å². The SMILES string of the molecule is OB(O)O.[Cu].[O-]B([O-])[O-]. The van der Waals surface area contributed by atoms with E-state index < -0.39 is 14.6 Å². The average molecular weight is 184 g/mol. The largest absolute Gasteiger partial charge is 0.907 e. The van der Waals surface area contributed by atoms with Crippen LogP contribution in [0.25, 0.3) is 0 Å². The molecule has 0 aromatic rings. The van der Waals surface area contributed by atoms with Crippen LogP contribution in [0.1, 0.15) is 0 Å². The van der Waals surface area contributed by atoms with Crippen LogP contribution in [-0.2, 0) is 17.1 Å². The Balaban J connectivity index is -0.0000000720. The standard InChI is InChI=1S/BH3O3.BO3.Cu/c2*2-1(3)4;/h2-4H;;/q;-3;. The summed E-state index contributed by atoms with van der Waals surface area (Å²) >= 11 is 0. The van der Waals surface area contributed by atoms with Crippen molar-refractivity contribution in [2.45, 2.75) is 0 Å². The molecule has 0 aromatic carbocycles. The van der Waals surface area contributed by atoms with Crippen molar-refractivity contribution in [1.82, 2.24) is 0 Å². The van der Waals surface area contributed by atoms with Gasteiger partial charge in [-0.2, -0.15) is 0 Å². The topological polar surface area (TPSA) is 130 Å². The summed E-state index contributed by atoms with van der Waals surface area (Å²) in [6, 6.07) is 0. The van der Waals surface area contributed by atoms with Crippen LogP contribution in [0.3, 0.4) is 0 Å². The van der Waals surface area contributed by atoms with Crippen LogP contribution in [0.5, 0.6) is 0 Å². The molecule has 6 nitrogen and oxygen atoms in total.